The summed E-state index contributed by atoms with van der Waals surface area (Å²) >= 11 is 7.84. The van der Waals surface area contributed by atoms with Crippen molar-refractivity contribution in [1.29, 1.82) is 0 Å². The van der Waals surface area contributed by atoms with Crippen LogP contribution in [-0.4, -0.2) is 11.0 Å². The summed E-state index contributed by atoms with van der Waals surface area (Å²) in [6.45, 7) is 0. The molecule has 0 aliphatic carbocycles. The van der Waals surface area contributed by atoms with Gasteiger partial charge in [0.15, 0.2) is 0 Å². The minimum atomic E-state index is 0. The van der Waals surface area contributed by atoms with Gasteiger partial charge in [0.05, 0.1) is 0 Å². The number of hydrogen-bond donors (Lipinski definition) is 2. The summed E-state index contributed by atoms with van der Waals surface area (Å²) in [5, 5.41) is 0. The van der Waals surface area contributed by atoms with Crippen LogP contribution in [0.15, 0.2) is 0 Å². The molecule has 0 aromatic carbocycles. The SMILES string of the molecule is N[C-]=S.N[C-]=S.[Mn+2]. The molecule has 0 atom stereocenters. The molecular formula is C2H4MnN2S2. The minimum absolute atomic E-state index is 0. The van der Waals surface area contributed by atoms with Crippen molar-refractivity contribution in [3.8, 4) is 0 Å². The Bertz CT molecular complexity index is 34.7. The maximum atomic E-state index is 4.41. The molecule has 0 aromatic heterocycles. The summed E-state index contributed by atoms with van der Waals surface area (Å²) in [5.74, 6) is 0. The van der Waals surface area contributed by atoms with E-state index >= 15 is 0 Å². The molecule has 0 heterocycles. The van der Waals surface area contributed by atoms with Crippen molar-refractivity contribution in [1.82, 2.24) is 0 Å². The molecule has 0 aromatic rings. The first kappa shape index (κ1) is 15.7. The fourth-order valence-electron chi connectivity index (χ4n) is 0. The molecule has 0 amide bonds. The van der Waals surface area contributed by atoms with Crippen molar-refractivity contribution in [2.45, 2.75) is 0 Å². The van der Waals surface area contributed by atoms with Crippen molar-refractivity contribution in [3.05, 3.63) is 0 Å². The summed E-state index contributed by atoms with van der Waals surface area (Å²) in [7, 11) is 0. The molecule has 0 saturated carbocycles. The Morgan fingerprint density at radius 2 is 1.00 bits per heavy atom. The van der Waals surface area contributed by atoms with Gasteiger partial charge in [0.1, 0.15) is 0 Å². The summed E-state index contributed by atoms with van der Waals surface area (Å²) in [4.78, 5) is 0. The maximum absolute atomic E-state index is 4.41. The van der Waals surface area contributed by atoms with E-state index in [2.05, 4.69) is 35.9 Å². The molecule has 0 saturated heterocycles. The van der Waals surface area contributed by atoms with Crippen LogP contribution < -0.4 is 11.5 Å². The molecule has 4 N–H and O–H groups in total. The molecule has 2 nitrogen and oxygen atoms in total. The van der Waals surface area contributed by atoms with Crippen LogP contribution in [0.2, 0.25) is 0 Å². The van der Waals surface area contributed by atoms with Gasteiger partial charge >= 0.3 is 17.1 Å². The Morgan fingerprint density at radius 3 is 1.00 bits per heavy atom. The first-order valence-corrected chi connectivity index (χ1v) is 1.80. The van der Waals surface area contributed by atoms with Crippen molar-refractivity contribution < 1.29 is 17.1 Å². The normalized spacial score (nSPS) is 3.43. The number of nitrogens with two attached hydrogens (primary N) is 2. The molecule has 0 unspecified atom stereocenters. The van der Waals surface area contributed by atoms with Gasteiger partial charge in [0.2, 0.25) is 0 Å². The Balaban J connectivity index is -0.0000000400. The molecule has 0 fully saturated rings. The van der Waals surface area contributed by atoms with Crippen LogP contribution in [0.25, 0.3) is 0 Å². The Labute approximate surface area is 64.1 Å². The predicted molar refractivity (Wildman–Crippen MR) is 33.6 cm³/mol. The van der Waals surface area contributed by atoms with Gasteiger partial charge in [-0.2, -0.15) is 0 Å². The van der Waals surface area contributed by atoms with Gasteiger partial charge in [-0.25, -0.2) is 0 Å². The summed E-state index contributed by atoms with van der Waals surface area (Å²) in [6, 6.07) is 0. The molecule has 0 spiro atoms. The average Bonchev–Trinajstić information content (AvgIpc) is 1.39. The Kier molecular flexibility index (Phi) is 74.9. The Morgan fingerprint density at radius 1 is 1.00 bits per heavy atom. The smallest absolute Gasteiger partial charge is 0.570 e. The largest absolute Gasteiger partial charge is 2.00 e. The van der Waals surface area contributed by atoms with Gasteiger partial charge in [-0.05, 0) is 0 Å². The van der Waals surface area contributed by atoms with Crippen LogP contribution in [0, 0.1) is 0 Å². The molecule has 5 heteroatoms. The molecule has 0 aliphatic heterocycles. The van der Waals surface area contributed by atoms with Crippen molar-refractivity contribution in [2.75, 3.05) is 0 Å². The third-order valence-electron chi connectivity index (χ3n) is 0. The molecule has 7 heavy (non-hydrogen) atoms. The quantitative estimate of drug-likeness (QED) is 0.227. The van der Waals surface area contributed by atoms with E-state index in [-0.39, 0.29) is 17.1 Å². The molecule has 41 valence electrons. The van der Waals surface area contributed by atoms with Gasteiger partial charge < -0.3 is 46.9 Å². The van der Waals surface area contributed by atoms with E-state index in [0.29, 0.717) is 0 Å². The van der Waals surface area contributed by atoms with Crippen molar-refractivity contribution >= 4 is 35.4 Å². The average molecular weight is 175 g/mol. The first-order valence-electron chi connectivity index (χ1n) is 0.986. The van der Waals surface area contributed by atoms with Crippen LogP contribution in [0.3, 0.4) is 0 Å². The molecule has 1 radical (unpaired) electrons. The van der Waals surface area contributed by atoms with Crippen molar-refractivity contribution in [3.63, 3.8) is 0 Å². The third kappa shape index (κ3) is 1300. The van der Waals surface area contributed by atoms with Crippen molar-refractivity contribution in [2.24, 2.45) is 11.5 Å². The van der Waals surface area contributed by atoms with Crippen LogP contribution in [0.1, 0.15) is 0 Å². The van der Waals surface area contributed by atoms with E-state index in [4.69, 9.17) is 0 Å². The number of rotatable bonds is 0. The Hall–Kier alpha value is 0.299. The zero-order chi connectivity index (χ0) is 5.41. The zero-order valence-electron chi connectivity index (χ0n) is 3.35. The van der Waals surface area contributed by atoms with Gasteiger partial charge in [0, 0.05) is 0 Å². The van der Waals surface area contributed by atoms with E-state index in [1.807, 2.05) is 11.0 Å². The topological polar surface area (TPSA) is 52.0 Å². The molecule has 0 bridgehead atoms. The van der Waals surface area contributed by atoms with E-state index in [1.54, 1.807) is 0 Å². The van der Waals surface area contributed by atoms with Gasteiger partial charge in [-0.3, -0.25) is 0 Å². The standard InChI is InChI=1S/2CH2NS.Mn/c2*2-1-3;/h2*(H2,2,3);/q2*-1;+2. The monoisotopic (exact) mass is 175 g/mol. The fraction of sp³-hybridized carbons (Fsp3) is 0. The van der Waals surface area contributed by atoms with Gasteiger partial charge in [-0.1, -0.05) is 0 Å². The van der Waals surface area contributed by atoms with E-state index < -0.39 is 0 Å². The van der Waals surface area contributed by atoms with E-state index in [0.717, 1.165) is 0 Å². The number of thiocarbonyl (C=S) groups is 2. The van der Waals surface area contributed by atoms with Gasteiger partial charge in [0.25, 0.3) is 0 Å². The van der Waals surface area contributed by atoms with E-state index in [1.165, 1.54) is 0 Å². The second kappa shape index (κ2) is 33.5. The molecule has 0 aliphatic rings. The zero-order valence-corrected chi connectivity index (χ0v) is 6.16. The van der Waals surface area contributed by atoms with Crippen LogP contribution in [-0.2, 0) is 17.1 Å². The van der Waals surface area contributed by atoms with Gasteiger partial charge in [-0.15, -0.1) is 0 Å². The van der Waals surface area contributed by atoms with Crippen LogP contribution >= 0.6 is 24.4 Å². The first-order chi connectivity index (χ1) is 2.83. The van der Waals surface area contributed by atoms with Crippen LogP contribution in [0.4, 0.5) is 0 Å². The second-order valence-corrected chi connectivity index (χ2v) is 0.707. The summed E-state index contributed by atoms with van der Waals surface area (Å²) in [6.07, 6.45) is 0. The van der Waals surface area contributed by atoms with E-state index in [9.17, 15) is 0 Å². The fourth-order valence-corrected chi connectivity index (χ4v) is 0. The molecule has 0 rings (SSSR count). The molecular weight excluding hydrogens is 171 g/mol. The minimum Gasteiger partial charge on any atom is -0.570 e. The second-order valence-electron chi connectivity index (χ2n) is 0.236. The number of hydrogen-bond acceptors (Lipinski definition) is 2. The summed E-state index contributed by atoms with van der Waals surface area (Å²) < 4.78 is 0. The predicted octanol–water partition coefficient (Wildman–Crippen LogP) is -0.444. The summed E-state index contributed by atoms with van der Waals surface area (Å²) in [5.41, 5.74) is 12.5. The maximum Gasteiger partial charge on any atom is 2.00 e. The van der Waals surface area contributed by atoms with Crippen LogP contribution in [0.5, 0.6) is 0 Å². The third-order valence-corrected chi connectivity index (χ3v) is 0.